The molecule has 0 aromatic rings. The Morgan fingerprint density at radius 1 is 1.47 bits per heavy atom. The number of Topliss-reactive ketones (excluding diaryl/α,β-unsaturated/α-hetero) is 1. The Hall–Kier alpha value is -1.37. The molecule has 4 nitrogen and oxygen atoms in total. The predicted octanol–water partition coefficient (Wildman–Crippen LogP) is 1.90. The molecule has 0 saturated carbocycles. The smallest absolute Gasteiger partial charge is 0.290 e. The largest absolute Gasteiger partial charge is 0.332 e. The van der Waals surface area contributed by atoms with E-state index in [-0.39, 0.29) is 11.8 Å². The third-order valence-electron chi connectivity index (χ3n) is 3.66. The first-order valence-corrected chi connectivity index (χ1v) is 6.16. The lowest BCUT2D eigenvalue weighted by Gasteiger charge is -2.27. The van der Waals surface area contributed by atoms with Crippen LogP contribution in [0.15, 0.2) is 0 Å². The molecule has 1 atom stereocenters. The van der Waals surface area contributed by atoms with Crippen molar-refractivity contribution in [2.75, 3.05) is 6.54 Å². The zero-order valence-electron chi connectivity index (χ0n) is 10.8. The molecule has 4 heteroatoms. The second-order valence-corrected chi connectivity index (χ2v) is 5.22. The summed E-state index contributed by atoms with van der Waals surface area (Å²) in [5.74, 6) is -0.737. The van der Waals surface area contributed by atoms with Gasteiger partial charge in [0.05, 0.1) is 12.5 Å². The molecule has 1 amide bonds. The van der Waals surface area contributed by atoms with E-state index in [4.69, 9.17) is 5.26 Å². The van der Waals surface area contributed by atoms with Gasteiger partial charge in [-0.05, 0) is 19.3 Å². The highest BCUT2D eigenvalue weighted by atomic mass is 16.2. The van der Waals surface area contributed by atoms with Crippen LogP contribution < -0.4 is 0 Å². The number of hydrogen-bond donors (Lipinski definition) is 0. The highest BCUT2D eigenvalue weighted by Gasteiger charge is 2.38. The van der Waals surface area contributed by atoms with Crippen LogP contribution >= 0.6 is 0 Å². The molecule has 0 aliphatic carbocycles. The van der Waals surface area contributed by atoms with Crippen molar-refractivity contribution in [1.29, 1.82) is 5.26 Å². The van der Waals surface area contributed by atoms with Crippen molar-refractivity contribution in [2.45, 2.75) is 52.5 Å². The maximum absolute atomic E-state index is 12.1. The van der Waals surface area contributed by atoms with Gasteiger partial charge in [-0.3, -0.25) is 9.59 Å². The molecule has 1 heterocycles. The van der Waals surface area contributed by atoms with Gasteiger partial charge in [0.25, 0.3) is 5.91 Å². The summed E-state index contributed by atoms with van der Waals surface area (Å²) < 4.78 is 0. The first kappa shape index (κ1) is 13.7. The zero-order chi connectivity index (χ0) is 13.1. The summed E-state index contributed by atoms with van der Waals surface area (Å²) in [5.41, 5.74) is -0.600. The van der Waals surface area contributed by atoms with Crippen LogP contribution in [0.5, 0.6) is 0 Å². The van der Waals surface area contributed by atoms with Crippen LogP contribution in [0.2, 0.25) is 0 Å². The molecular formula is C13H20N2O2. The van der Waals surface area contributed by atoms with Crippen molar-refractivity contribution in [1.82, 2.24) is 4.90 Å². The number of carbonyl (C=O) groups is 2. The van der Waals surface area contributed by atoms with Gasteiger partial charge in [0.1, 0.15) is 0 Å². The summed E-state index contributed by atoms with van der Waals surface area (Å²) in [7, 11) is 0. The van der Waals surface area contributed by atoms with E-state index < -0.39 is 11.3 Å². The van der Waals surface area contributed by atoms with Crippen molar-refractivity contribution in [3.8, 4) is 6.07 Å². The molecular weight excluding hydrogens is 216 g/mol. The first-order chi connectivity index (χ1) is 7.94. The Labute approximate surface area is 103 Å². The van der Waals surface area contributed by atoms with Crippen molar-refractivity contribution >= 4 is 11.7 Å². The van der Waals surface area contributed by atoms with E-state index in [2.05, 4.69) is 6.07 Å². The number of nitriles is 1. The van der Waals surface area contributed by atoms with Crippen LogP contribution in [0.1, 0.15) is 46.5 Å². The van der Waals surface area contributed by atoms with E-state index in [0.29, 0.717) is 19.4 Å². The Bertz CT molecular complexity index is 355. The Morgan fingerprint density at radius 2 is 2.12 bits per heavy atom. The van der Waals surface area contributed by atoms with Crippen molar-refractivity contribution in [3.05, 3.63) is 0 Å². The van der Waals surface area contributed by atoms with Crippen LogP contribution in [-0.2, 0) is 9.59 Å². The predicted molar refractivity (Wildman–Crippen MR) is 64.0 cm³/mol. The van der Waals surface area contributed by atoms with Crippen LogP contribution in [0, 0.1) is 16.7 Å². The van der Waals surface area contributed by atoms with E-state index >= 15 is 0 Å². The van der Waals surface area contributed by atoms with Crippen LogP contribution in [0.3, 0.4) is 0 Å². The SMILES string of the molecule is CCC(C)(C)C(=O)C(=O)N1CCCC1CC#N. The van der Waals surface area contributed by atoms with Crippen LogP contribution in [-0.4, -0.2) is 29.2 Å². The number of rotatable bonds is 4. The lowest BCUT2D eigenvalue weighted by atomic mass is 9.84. The molecule has 1 unspecified atom stereocenters. The van der Waals surface area contributed by atoms with Gasteiger partial charge in [-0.15, -0.1) is 0 Å². The lowest BCUT2D eigenvalue weighted by molar-refractivity contribution is -0.149. The summed E-state index contributed by atoms with van der Waals surface area (Å²) in [6.07, 6.45) is 2.69. The standard InChI is InChI=1S/C13H20N2O2/c1-4-13(2,3)11(16)12(17)15-9-5-6-10(15)7-8-14/h10H,4-7,9H2,1-3H3. The minimum atomic E-state index is -0.600. The monoisotopic (exact) mass is 236 g/mol. The molecule has 0 N–H and O–H groups in total. The molecule has 0 aromatic carbocycles. The van der Waals surface area contributed by atoms with Gasteiger partial charge in [-0.25, -0.2) is 0 Å². The molecule has 1 fully saturated rings. The van der Waals surface area contributed by atoms with Gasteiger partial charge < -0.3 is 4.90 Å². The van der Waals surface area contributed by atoms with E-state index in [1.54, 1.807) is 18.7 Å². The fraction of sp³-hybridized carbons (Fsp3) is 0.769. The summed E-state index contributed by atoms with van der Waals surface area (Å²) in [6.45, 7) is 6.10. The topological polar surface area (TPSA) is 61.2 Å². The summed E-state index contributed by atoms with van der Waals surface area (Å²) in [6, 6.07) is 2.02. The maximum atomic E-state index is 12.1. The van der Waals surface area contributed by atoms with Crippen LogP contribution in [0.25, 0.3) is 0 Å². The molecule has 1 rings (SSSR count). The highest BCUT2D eigenvalue weighted by molar-refractivity contribution is 6.38. The van der Waals surface area contributed by atoms with Gasteiger partial charge >= 0.3 is 0 Å². The number of nitrogens with zero attached hydrogens (tertiary/aromatic N) is 2. The van der Waals surface area contributed by atoms with Gasteiger partial charge in [0, 0.05) is 18.0 Å². The molecule has 0 aromatic heterocycles. The summed E-state index contributed by atoms with van der Waals surface area (Å²) in [5, 5.41) is 8.70. The molecule has 1 aliphatic rings. The van der Waals surface area contributed by atoms with Crippen molar-refractivity contribution < 1.29 is 9.59 Å². The molecule has 1 aliphatic heterocycles. The summed E-state index contributed by atoms with van der Waals surface area (Å²) >= 11 is 0. The van der Waals surface area contributed by atoms with Crippen molar-refractivity contribution in [2.24, 2.45) is 5.41 Å². The van der Waals surface area contributed by atoms with E-state index in [1.165, 1.54) is 0 Å². The average molecular weight is 236 g/mol. The highest BCUT2D eigenvalue weighted by Crippen LogP contribution is 2.26. The number of carbonyl (C=O) groups excluding carboxylic acids is 2. The lowest BCUT2D eigenvalue weighted by Crippen LogP contribution is -2.44. The molecule has 94 valence electrons. The summed E-state index contributed by atoms with van der Waals surface area (Å²) in [4.78, 5) is 25.7. The number of likely N-dealkylation sites (tertiary alicyclic amines) is 1. The van der Waals surface area contributed by atoms with Gasteiger partial charge in [0.2, 0.25) is 5.78 Å². The second-order valence-electron chi connectivity index (χ2n) is 5.22. The first-order valence-electron chi connectivity index (χ1n) is 6.16. The minimum Gasteiger partial charge on any atom is -0.332 e. The molecule has 0 bridgehead atoms. The van der Waals surface area contributed by atoms with Gasteiger partial charge in [-0.2, -0.15) is 5.26 Å². The van der Waals surface area contributed by atoms with E-state index in [9.17, 15) is 9.59 Å². The number of hydrogen-bond acceptors (Lipinski definition) is 3. The average Bonchev–Trinajstić information content (AvgIpc) is 2.76. The van der Waals surface area contributed by atoms with E-state index in [1.807, 2.05) is 6.92 Å². The fourth-order valence-corrected chi connectivity index (χ4v) is 2.00. The Morgan fingerprint density at radius 3 is 2.65 bits per heavy atom. The second kappa shape index (κ2) is 5.31. The number of ketones is 1. The normalized spacial score (nSPS) is 20.1. The molecule has 0 radical (unpaired) electrons. The number of amides is 1. The van der Waals surface area contributed by atoms with E-state index in [0.717, 1.165) is 12.8 Å². The quantitative estimate of drug-likeness (QED) is 0.700. The Kier molecular flexibility index (Phi) is 4.28. The fourth-order valence-electron chi connectivity index (χ4n) is 2.00. The zero-order valence-corrected chi connectivity index (χ0v) is 10.8. The maximum Gasteiger partial charge on any atom is 0.290 e. The third-order valence-corrected chi connectivity index (χ3v) is 3.66. The van der Waals surface area contributed by atoms with Crippen molar-refractivity contribution in [3.63, 3.8) is 0 Å². The van der Waals surface area contributed by atoms with Gasteiger partial charge in [-0.1, -0.05) is 20.8 Å². The minimum absolute atomic E-state index is 0.0656. The van der Waals surface area contributed by atoms with Crippen LogP contribution in [0.4, 0.5) is 0 Å². The third kappa shape index (κ3) is 2.85. The molecule has 0 spiro atoms. The van der Waals surface area contributed by atoms with Gasteiger partial charge in [0.15, 0.2) is 0 Å². The molecule has 17 heavy (non-hydrogen) atoms. The Balaban J connectivity index is 2.77. The molecule has 1 saturated heterocycles.